The average Bonchev–Trinajstić information content (AvgIpc) is 2.87. The molecule has 7 heteroatoms. The van der Waals surface area contributed by atoms with Crippen LogP contribution in [0.3, 0.4) is 0 Å². The fraction of sp³-hybridized carbons (Fsp3) is 0.0833. The monoisotopic (exact) mass is 261 g/mol. The van der Waals surface area contributed by atoms with E-state index >= 15 is 0 Å². The zero-order valence-corrected chi connectivity index (χ0v) is 9.69. The van der Waals surface area contributed by atoms with E-state index in [4.69, 9.17) is 0 Å². The highest BCUT2D eigenvalue weighted by Crippen LogP contribution is 2.17. The molecule has 0 unspecified atom stereocenters. The van der Waals surface area contributed by atoms with Gasteiger partial charge >= 0.3 is 0 Å². The molecule has 96 valence electrons. The quantitative estimate of drug-likeness (QED) is 0.758. The molecule has 0 saturated heterocycles. The van der Waals surface area contributed by atoms with Gasteiger partial charge in [0.25, 0.3) is 0 Å². The molecule has 0 amide bonds. The highest BCUT2D eigenvalue weighted by molar-refractivity contribution is 5.81. The SMILES string of the molecule is Fc1cccc(F)c1CNc1ncnc2nc[nH]c12. The molecule has 0 aliphatic carbocycles. The summed E-state index contributed by atoms with van der Waals surface area (Å²) < 4.78 is 26.9. The van der Waals surface area contributed by atoms with Crippen molar-refractivity contribution >= 4 is 17.0 Å². The van der Waals surface area contributed by atoms with E-state index in [1.165, 1.54) is 30.9 Å². The van der Waals surface area contributed by atoms with E-state index in [0.717, 1.165) is 0 Å². The summed E-state index contributed by atoms with van der Waals surface area (Å²) in [6.45, 7) is -0.0103. The standard InChI is InChI=1S/C12H9F2N5/c13-8-2-1-3-9(14)7(8)4-15-11-10-12(17-5-16-10)19-6-18-11/h1-3,5-6H,4H2,(H2,15,16,17,18,19). The molecule has 0 fully saturated rings. The normalized spacial score (nSPS) is 10.8. The number of nitrogens with zero attached hydrogens (tertiary/aromatic N) is 3. The van der Waals surface area contributed by atoms with E-state index in [-0.39, 0.29) is 12.1 Å². The summed E-state index contributed by atoms with van der Waals surface area (Å²) in [5.41, 5.74) is 1.06. The van der Waals surface area contributed by atoms with Crippen molar-refractivity contribution in [3.63, 3.8) is 0 Å². The van der Waals surface area contributed by atoms with Crippen LogP contribution in [-0.4, -0.2) is 19.9 Å². The Kier molecular flexibility index (Phi) is 2.79. The number of anilines is 1. The van der Waals surface area contributed by atoms with Crippen LogP contribution in [0.15, 0.2) is 30.9 Å². The maximum absolute atomic E-state index is 13.5. The second-order valence-corrected chi connectivity index (χ2v) is 3.88. The molecule has 3 aromatic rings. The minimum absolute atomic E-state index is 0.0103. The first-order chi connectivity index (χ1) is 9.25. The van der Waals surface area contributed by atoms with Gasteiger partial charge in [-0.05, 0) is 12.1 Å². The Balaban J connectivity index is 1.88. The van der Waals surface area contributed by atoms with Gasteiger partial charge in [0, 0.05) is 12.1 Å². The van der Waals surface area contributed by atoms with Crippen LogP contribution in [0, 0.1) is 11.6 Å². The molecule has 0 saturated carbocycles. The number of nitrogens with one attached hydrogen (secondary N) is 2. The van der Waals surface area contributed by atoms with Gasteiger partial charge in [0.15, 0.2) is 11.5 Å². The molecule has 5 nitrogen and oxygen atoms in total. The van der Waals surface area contributed by atoms with Gasteiger partial charge in [0.2, 0.25) is 0 Å². The first-order valence-corrected chi connectivity index (χ1v) is 5.56. The number of imidazole rings is 1. The second kappa shape index (κ2) is 4.60. The molecule has 0 atom stereocenters. The molecule has 0 spiro atoms. The Morgan fingerprint density at radius 3 is 2.68 bits per heavy atom. The third-order valence-corrected chi connectivity index (χ3v) is 2.72. The number of aromatic amines is 1. The van der Waals surface area contributed by atoms with Crippen LogP contribution in [0.25, 0.3) is 11.2 Å². The summed E-state index contributed by atoms with van der Waals surface area (Å²) in [6, 6.07) is 3.75. The highest BCUT2D eigenvalue weighted by Gasteiger charge is 2.10. The molecule has 2 N–H and O–H groups in total. The van der Waals surface area contributed by atoms with Crippen molar-refractivity contribution in [2.75, 3.05) is 5.32 Å². The maximum atomic E-state index is 13.5. The van der Waals surface area contributed by atoms with Crippen molar-refractivity contribution in [3.05, 3.63) is 48.1 Å². The summed E-state index contributed by atoms with van der Waals surface area (Å²) in [5.74, 6) is -0.741. The predicted octanol–water partition coefficient (Wildman–Crippen LogP) is 2.24. The van der Waals surface area contributed by atoms with Crippen LogP contribution in [0.4, 0.5) is 14.6 Å². The molecule has 0 bridgehead atoms. The second-order valence-electron chi connectivity index (χ2n) is 3.88. The zero-order valence-electron chi connectivity index (χ0n) is 9.69. The summed E-state index contributed by atoms with van der Waals surface area (Å²) in [5, 5.41) is 2.87. The zero-order chi connectivity index (χ0) is 13.2. The minimum atomic E-state index is -0.595. The van der Waals surface area contributed by atoms with E-state index in [2.05, 4.69) is 25.3 Å². The molecule has 3 rings (SSSR count). The van der Waals surface area contributed by atoms with Crippen LogP contribution in [-0.2, 0) is 6.54 Å². The summed E-state index contributed by atoms with van der Waals surface area (Å²) in [6.07, 6.45) is 2.82. The number of rotatable bonds is 3. The lowest BCUT2D eigenvalue weighted by Gasteiger charge is -2.07. The van der Waals surface area contributed by atoms with E-state index in [9.17, 15) is 8.78 Å². The Labute approximate surface area is 106 Å². The first-order valence-electron chi connectivity index (χ1n) is 5.56. The van der Waals surface area contributed by atoms with E-state index < -0.39 is 11.6 Å². The molecule has 0 radical (unpaired) electrons. The van der Waals surface area contributed by atoms with E-state index in [1.807, 2.05) is 0 Å². The fourth-order valence-electron chi connectivity index (χ4n) is 1.77. The Morgan fingerprint density at radius 2 is 1.89 bits per heavy atom. The number of benzene rings is 1. The molecule has 0 aliphatic rings. The predicted molar refractivity (Wildman–Crippen MR) is 65.4 cm³/mol. The lowest BCUT2D eigenvalue weighted by Crippen LogP contribution is -2.06. The molecule has 0 aliphatic heterocycles. The smallest absolute Gasteiger partial charge is 0.182 e. The van der Waals surface area contributed by atoms with Crippen molar-refractivity contribution in [1.82, 2.24) is 19.9 Å². The van der Waals surface area contributed by atoms with Crippen LogP contribution in [0.5, 0.6) is 0 Å². The lowest BCUT2D eigenvalue weighted by molar-refractivity contribution is 0.560. The van der Waals surface area contributed by atoms with Gasteiger partial charge in [-0.25, -0.2) is 23.7 Å². The Bertz CT molecular complexity index is 705. The van der Waals surface area contributed by atoms with Crippen LogP contribution >= 0.6 is 0 Å². The van der Waals surface area contributed by atoms with Crippen molar-refractivity contribution in [3.8, 4) is 0 Å². The number of aromatic nitrogens is 4. The van der Waals surface area contributed by atoms with E-state index in [1.54, 1.807) is 0 Å². The molecular formula is C12H9F2N5. The van der Waals surface area contributed by atoms with Crippen molar-refractivity contribution in [1.29, 1.82) is 0 Å². The van der Waals surface area contributed by atoms with Gasteiger partial charge in [-0.15, -0.1) is 0 Å². The van der Waals surface area contributed by atoms with Gasteiger partial charge in [-0.1, -0.05) is 6.07 Å². The first kappa shape index (κ1) is 11.5. The van der Waals surface area contributed by atoms with Gasteiger partial charge in [0.05, 0.1) is 6.33 Å². The number of hydrogen-bond donors (Lipinski definition) is 2. The van der Waals surface area contributed by atoms with Gasteiger partial charge in [0.1, 0.15) is 23.5 Å². The number of hydrogen-bond acceptors (Lipinski definition) is 4. The van der Waals surface area contributed by atoms with Gasteiger partial charge in [-0.2, -0.15) is 0 Å². The van der Waals surface area contributed by atoms with Crippen molar-refractivity contribution in [2.45, 2.75) is 6.54 Å². The largest absolute Gasteiger partial charge is 0.364 e. The van der Waals surface area contributed by atoms with Gasteiger partial charge in [-0.3, -0.25) is 0 Å². The third-order valence-electron chi connectivity index (χ3n) is 2.72. The van der Waals surface area contributed by atoms with Crippen LogP contribution in [0.2, 0.25) is 0 Å². The number of halogens is 2. The van der Waals surface area contributed by atoms with E-state index in [0.29, 0.717) is 17.0 Å². The van der Waals surface area contributed by atoms with Crippen LogP contribution < -0.4 is 5.32 Å². The number of fused-ring (bicyclic) bond motifs is 1. The van der Waals surface area contributed by atoms with Crippen molar-refractivity contribution < 1.29 is 8.78 Å². The highest BCUT2D eigenvalue weighted by atomic mass is 19.1. The maximum Gasteiger partial charge on any atom is 0.182 e. The fourth-order valence-corrected chi connectivity index (χ4v) is 1.77. The van der Waals surface area contributed by atoms with Crippen LogP contribution in [0.1, 0.15) is 5.56 Å². The topological polar surface area (TPSA) is 66.5 Å². The summed E-state index contributed by atoms with van der Waals surface area (Å²) >= 11 is 0. The molecular weight excluding hydrogens is 252 g/mol. The third kappa shape index (κ3) is 2.10. The molecule has 19 heavy (non-hydrogen) atoms. The Morgan fingerprint density at radius 1 is 1.11 bits per heavy atom. The molecule has 2 aromatic heterocycles. The van der Waals surface area contributed by atoms with Crippen molar-refractivity contribution in [2.24, 2.45) is 0 Å². The summed E-state index contributed by atoms with van der Waals surface area (Å²) in [4.78, 5) is 14.8. The average molecular weight is 261 g/mol. The Hall–Kier alpha value is -2.57. The van der Waals surface area contributed by atoms with Gasteiger partial charge < -0.3 is 10.3 Å². The summed E-state index contributed by atoms with van der Waals surface area (Å²) in [7, 11) is 0. The minimum Gasteiger partial charge on any atom is -0.364 e. The molecule has 2 heterocycles. The number of H-pyrrole nitrogens is 1. The molecule has 1 aromatic carbocycles. The lowest BCUT2D eigenvalue weighted by atomic mass is 10.2.